The van der Waals surface area contributed by atoms with E-state index >= 15 is 0 Å². The topological polar surface area (TPSA) is 67.4 Å². The van der Waals surface area contributed by atoms with Crippen LogP contribution in [0.25, 0.3) is 0 Å². The maximum absolute atomic E-state index is 12.1. The van der Waals surface area contributed by atoms with E-state index < -0.39 is 23.9 Å². The second-order valence-corrected chi connectivity index (χ2v) is 5.31. The number of halogens is 4. The first kappa shape index (κ1) is 17.8. The van der Waals surface area contributed by atoms with Crippen molar-refractivity contribution >= 4 is 27.7 Å². The molecule has 5 nitrogen and oxygen atoms in total. The van der Waals surface area contributed by atoms with Crippen LogP contribution in [-0.4, -0.2) is 18.2 Å². The van der Waals surface area contributed by atoms with Crippen molar-refractivity contribution in [3.63, 3.8) is 0 Å². The molecule has 0 aliphatic rings. The molecule has 0 aliphatic heterocycles. The summed E-state index contributed by atoms with van der Waals surface area (Å²) < 4.78 is 40.4. The number of hydrazine groups is 1. The largest absolute Gasteiger partial charge is 0.573 e. The average molecular weight is 403 g/mol. The molecule has 0 fully saturated rings. The van der Waals surface area contributed by atoms with Gasteiger partial charge in [-0.25, -0.2) is 0 Å². The van der Waals surface area contributed by atoms with Crippen LogP contribution in [0.4, 0.5) is 13.2 Å². The summed E-state index contributed by atoms with van der Waals surface area (Å²) in [5.41, 5.74) is 4.75. The number of hydrogen-bond donors (Lipinski definition) is 2. The zero-order valence-corrected chi connectivity index (χ0v) is 13.4. The molecule has 2 amide bonds. The fourth-order valence-electron chi connectivity index (χ4n) is 1.71. The van der Waals surface area contributed by atoms with Gasteiger partial charge in [0.2, 0.25) is 0 Å². The van der Waals surface area contributed by atoms with E-state index in [1.54, 1.807) is 24.3 Å². The highest BCUT2D eigenvalue weighted by atomic mass is 79.9. The summed E-state index contributed by atoms with van der Waals surface area (Å²) in [6.45, 7) is 0. The SMILES string of the molecule is O=C(NNC(=O)c1ccccc1Br)c1ccc(OC(F)(F)F)cc1. The molecule has 2 aromatic carbocycles. The van der Waals surface area contributed by atoms with Gasteiger partial charge >= 0.3 is 6.36 Å². The van der Waals surface area contributed by atoms with Crippen LogP contribution in [-0.2, 0) is 0 Å². The lowest BCUT2D eigenvalue weighted by molar-refractivity contribution is -0.274. The Morgan fingerprint density at radius 1 is 0.917 bits per heavy atom. The van der Waals surface area contributed by atoms with Gasteiger partial charge in [0.05, 0.1) is 5.56 Å². The second kappa shape index (κ2) is 7.35. The van der Waals surface area contributed by atoms with Crippen LogP contribution in [0.1, 0.15) is 20.7 Å². The Hall–Kier alpha value is -2.55. The summed E-state index contributed by atoms with van der Waals surface area (Å²) >= 11 is 3.20. The van der Waals surface area contributed by atoms with Crippen molar-refractivity contribution in [3.8, 4) is 5.75 Å². The zero-order valence-electron chi connectivity index (χ0n) is 11.9. The number of rotatable bonds is 3. The maximum atomic E-state index is 12.1. The summed E-state index contributed by atoms with van der Waals surface area (Å²) in [7, 11) is 0. The Morgan fingerprint density at radius 2 is 1.50 bits per heavy atom. The number of hydrogen-bond acceptors (Lipinski definition) is 3. The van der Waals surface area contributed by atoms with Crippen molar-refractivity contribution in [2.75, 3.05) is 0 Å². The molecule has 0 bridgehead atoms. The van der Waals surface area contributed by atoms with Gasteiger partial charge in [0.1, 0.15) is 5.75 Å². The Kier molecular flexibility index (Phi) is 5.45. The fraction of sp³-hybridized carbons (Fsp3) is 0.0667. The minimum Gasteiger partial charge on any atom is -0.406 e. The van der Waals surface area contributed by atoms with E-state index in [0.717, 1.165) is 24.3 Å². The van der Waals surface area contributed by atoms with Crippen LogP contribution in [0, 0.1) is 0 Å². The molecular formula is C15H10BrF3N2O3. The highest BCUT2D eigenvalue weighted by Crippen LogP contribution is 2.22. The third-order valence-electron chi connectivity index (χ3n) is 2.76. The Labute approximate surface area is 142 Å². The minimum absolute atomic E-state index is 0.0527. The van der Waals surface area contributed by atoms with E-state index in [2.05, 4.69) is 31.5 Å². The third kappa shape index (κ3) is 4.98. The lowest BCUT2D eigenvalue weighted by Gasteiger charge is -2.10. The third-order valence-corrected chi connectivity index (χ3v) is 3.45. The first-order valence-electron chi connectivity index (χ1n) is 6.47. The standard InChI is InChI=1S/C15H10BrF3N2O3/c16-12-4-2-1-3-11(12)14(23)21-20-13(22)9-5-7-10(8-6-9)24-15(17,18)19/h1-8H,(H,20,22)(H,21,23). The summed E-state index contributed by atoms with van der Waals surface area (Å²) in [5, 5.41) is 0. The van der Waals surface area contributed by atoms with Gasteiger partial charge in [-0.3, -0.25) is 20.4 Å². The summed E-state index contributed by atoms with van der Waals surface area (Å²) in [5.74, 6) is -1.68. The highest BCUT2D eigenvalue weighted by Gasteiger charge is 2.31. The van der Waals surface area contributed by atoms with Crippen molar-refractivity contribution in [1.29, 1.82) is 0 Å². The zero-order chi connectivity index (χ0) is 17.7. The Bertz CT molecular complexity index is 748. The molecule has 2 rings (SSSR count). The Balaban J connectivity index is 1.95. The molecule has 9 heteroatoms. The van der Waals surface area contributed by atoms with Crippen LogP contribution in [0.15, 0.2) is 53.0 Å². The van der Waals surface area contributed by atoms with Gasteiger partial charge in [-0.1, -0.05) is 12.1 Å². The van der Waals surface area contributed by atoms with Gasteiger partial charge in [-0.15, -0.1) is 13.2 Å². The smallest absolute Gasteiger partial charge is 0.406 e. The van der Waals surface area contributed by atoms with Gasteiger partial charge in [0.25, 0.3) is 11.8 Å². The van der Waals surface area contributed by atoms with E-state index in [1.807, 2.05) is 0 Å². The van der Waals surface area contributed by atoms with E-state index in [1.165, 1.54) is 0 Å². The first-order valence-corrected chi connectivity index (χ1v) is 7.26. The van der Waals surface area contributed by atoms with E-state index in [0.29, 0.717) is 10.0 Å². The normalized spacial score (nSPS) is 10.8. The number of alkyl halides is 3. The molecule has 24 heavy (non-hydrogen) atoms. The summed E-state index contributed by atoms with van der Waals surface area (Å²) in [4.78, 5) is 23.8. The van der Waals surface area contributed by atoms with Gasteiger partial charge in [-0.2, -0.15) is 0 Å². The van der Waals surface area contributed by atoms with Crippen molar-refractivity contribution in [2.24, 2.45) is 0 Å². The van der Waals surface area contributed by atoms with Crippen molar-refractivity contribution < 1.29 is 27.5 Å². The molecule has 0 heterocycles. The van der Waals surface area contributed by atoms with Gasteiger partial charge in [-0.05, 0) is 52.3 Å². The summed E-state index contributed by atoms with van der Waals surface area (Å²) in [6, 6.07) is 10.9. The predicted octanol–water partition coefficient (Wildman–Crippen LogP) is 3.42. The minimum atomic E-state index is -4.80. The average Bonchev–Trinajstić information content (AvgIpc) is 2.52. The molecule has 126 valence electrons. The van der Waals surface area contributed by atoms with Crippen molar-refractivity contribution in [2.45, 2.75) is 6.36 Å². The fourth-order valence-corrected chi connectivity index (χ4v) is 2.17. The monoisotopic (exact) mass is 402 g/mol. The van der Waals surface area contributed by atoms with Crippen LogP contribution in [0.2, 0.25) is 0 Å². The molecule has 0 saturated carbocycles. The van der Waals surface area contributed by atoms with Crippen LogP contribution >= 0.6 is 15.9 Å². The van der Waals surface area contributed by atoms with Gasteiger partial charge < -0.3 is 4.74 Å². The van der Waals surface area contributed by atoms with E-state index in [-0.39, 0.29) is 5.56 Å². The number of amides is 2. The molecule has 0 aromatic heterocycles. The van der Waals surface area contributed by atoms with Crippen LogP contribution in [0.5, 0.6) is 5.75 Å². The van der Waals surface area contributed by atoms with E-state index in [9.17, 15) is 22.8 Å². The van der Waals surface area contributed by atoms with Gasteiger partial charge in [0, 0.05) is 10.0 Å². The molecule has 0 radical (unpaired) electrons. The number of ether oxygens (including phenoxy) is 1. The maximum Gasteiger partial charge on any atom is 0.573 e. The molecular weight excluding hydrogens is 393 g/mol. The van der Waals surface area contributed by atoms with Crippen molar-refractivity contribution in [1.82, 2.24) is 10.9 Å². The van der Waals surface area contributed by atoms with Gasteiger partial charge in [0.15, 0.2) is 0 Å². The summed E-state index contributed by atoms with van der Waals surface area (Å²) in [6.07, 6.45) is -4.80. The molecule has 0 spiro atoms. The van der Waals surface area contributed by atoms with Crippen LogP contribution < -0.4 is 15.6 Å². The van der Waals surface area contributed by atoms with Crippen LogP contribution in [0.3, 0.4) is 0 Å². The number of nitrogens with one attached hydrogen (secondary N) is 2. The highest BCUT2D eigenvalue weighted by molar-refractivity contribution is 9.10. The molecule has 0 unspecified atom stereocenters. The molecule has 2 N–H and O–H groups in total. The van der Waals surface area contributed by atoms with E-state index in [4.69, 9.17) is 0 Å². The lowest BCUT2D eigenvalue weighted by atomic mass is 10.2. The number of carbonyl (C=O) groups excluding carboxylic acids is 2. The molecule has 0 saturated heterocycles. The predicted molar refractivity (Wildman–Crippen MR) is 82.2 cm³/mol. The number of benzene rings is 2. The first-order chi connectivity index (χ1) is 11.3. The molecule has 0 aliphatic carbocycles. The molecule has 2 aromatic rings. The molecule has 0 atom stereocenters. The Morgan fingerprint density at radius 3 is 2.08 bits per heavy atom. The van der Waals surface area contributed by atoms with Crippen molar-refractivity contribution in [3.05, 3.63) is 64.1 Å². The second-order valence-electron chi connectivity index (χ2n) is 4.46. The number of carbonyl (C=O) groups is 2. The quantitative estimate of drug-likeness (QED) is 0.772. The lowest BCUT2D eigenvalue weighted by Crippen LogP contribution is -2.41.